The number of carbonyl (C=O) groups is 2. The van der Waals surface area contributed by atoms with Gasteiger partial charge in [0, 0.05) is 11.1 Å². The van der Waals surface area contributed by atoms with Gasteiger partial charge >= 0.3 is 11.9 Å². The molecule has 2 rings (SSSR count). The van der Waals surface area contributed by atoms with Crippen LogP contribution >= 0.6 is 0 Å². The molecule has 1 aromatic rings. The number of methoxy groups -OCH3 is 1. The second kappa shape index (κ2) is 4.41. The van der Waals surface area contributed by atoms with E-state index in [1.807, 2.05) is 19.1 Å². The third-order valence-corrected chi connectivity index (χ3v) is 2.50. The van der Waals surface area contributed by atoms with Crippen molar-refractivity contribution in [3.05, 3.63) is 34.9 Å². The predicted molar refractivity (Wildman–Crippen MR) is 61.4 cm³/mol. The van der Waals surface area contributed by atoms with Gasteiger partial charge in [0.1, 0.15) is 5.75 Å². The number of benzene rings is 1. The van der Waals surface area contributed by atoms with Crippen molar-refractivity contribution in [1.82, 2.24) is 0 Å². The van der Waals surface area contributed by atoms with Gasteiger partial charge < -0.3 is 9.47 Å². The molecule has 1 aromatic carbocycles. The van der Waals surface area contributed by atoms with Crippen molar-refractivity contribution in [2.75, 3.05) is 7.11 Å². The van der Waals surface area contributed by atoms with Gasteiger partial charge in [0.25, 0.3) is 0 Å². The minimum Gasteiger partial charge on any atom is -0.466 e. The van der Waals surface area contributed by atoms with Crippen molar-refractivity contribution in [2.45, 2.75) is 13.3 Å². The van der Waals surface area contributed by atoms with Crippen molar-refractivity contribution in [3.63, 3.8) is 0 Å². The van der Waals surface area contributed by atoms with E-state index in [0.29, 0.717) is 16.9 Å². The van der Waals surface area contributed by atoms with Gasteiger partial charge in [-0.05, 0) is 24.6 Å². The second-order valence-corrected chi connectivity index (χ2v) is 3.85. The zero-order chi connectivity index (χ0) is 12.4. The van der Waals surface area contributed by atoms with E-state index >= 15 is 0 Å². The van der Waals surface area contributed by atoms with Crippen molar-refractivity contribution in [2.24, 2.45) is 0 Å². The zero-order valence-corrected chi connectivity index (χ0v) is 9.65. The highest BCUT2D eigenvalue weighted by Crippen LogP contribution is 2.27. The molecule has 0 radical (unpaired) electrons. The lowest BCUT2D eigenvalue weighted by Crippen LogP contribution is -2.12. The van der Waals surface area contributed by atoms with Gasteiger partial charge in [0.15, 0.2) is 0 Å². The van der Waals surface area contributed by atoms with Gasteiger partial charge in [-0.15, -0.1) is 0 Å². The molecule has 0 N–H and O–H groups in total. The first-order chi connectivity index (χ1) is 8.10. The molecule has 88 valence electrons. The molecule has 1 aliphatic heterocycles. The third kappa shape index (κ3) is 2.36. The average molecular weight is 232 g/mol. The summed E-state index contributed by atoms with van der Waals surface area (Å²) in [6.07, 6.45) is 1.56. The maximum atomic E-state index is 11.5. The van der Waals surface area contributed by atoms with Crippen LogP contribution in [-0.2, 0) is 14.3 Å². The summed E-state index contributed by atoms with van der Waals surface area (Å²) in [5.41, 5.74) is 2.01. The van der Waals surface area contributed by atoms with Crippen LogP contribution in [0.25, 0.3) is 6.08 Å². The predicted octanol–water partition coefficient (Wildman–Crippen LogP) is 1.86. The molecule has 0 amide bonds. The van der Waals surface area contributed by atoms with Gasteiger partial charge in [-0.2, -0.15) is 0 Å². The van der Waals surface area contributed by atoms with E-state index in [1.165, 1.54) is 7.11 Å². The number of hydrogen-bond acceptors (Lipinski definition) is 4. The van der Waals surface area contributed by atoms with Crippen LogP contribution in [0.3, 0.4) is 0 Å². The van der Waals surface area contributed by atoms with E-state index in [9.17, 15) is 9.59 Å². The van der Waals surface area contributed by atoms with Gasteiger partial charge in [-0.3, -0.25) is 4.79 Å². The molecule has 1 aliphatic rings. The monoisotopic (exact) mass is 232 g/mol. The van der Waals surface area contributed by atoms with Crippen LogP contribution in [0.15, 0.2) is 23.8 Å². The Bertz CT molecular complexity index is 514. The van der Waals surface area contributed by atoms with E-state index in [4.69, 9.17) is 4.74 Å². The number of hydrogen-bond donors (Lipinski definition) is 0. The van der Waals surface area contributed by atoms with Crippen LogP contribution in [-0.4, -0.2) is 19.0 Å². The van der Waals surface area contributed by atoms with Gasteiger partial charge in [0.2, 0.25) is 0 Å². The molecule has 4 nitrogen and oxygen atoms in total. The minimum absolute atomic E-state index is 0.0690. The van der Waals surface area contributed by atoms with Crippen LogP contribution in [0.1, 0.15) is 17.5 Å². The van der Waals surface area contributed by atoms with Crippen molar-refractivity contribution in [3.8, 4) is 5.75 Å². The molecule has 4 heteroatoms. The molecule has 0 fully saturated rings. The molecular weight excluding hydrogens is 220 g/mol. The number of rotatable bonds is 1. The summed E-state index contributed by atoms with van der Waals surface area (Å²) in [6.45, 7) is 1.91. The Morgan fingerprint density at radius 1 is 1.41 bits per heavy atom. The van der Waals surface area contributed by atoms with Crippen molar-refractivity contribution < 1.29 is 19.1 Å². The Kier molecular flexibility index (Phi) is 2.95. The highest BCUT2D eigenvalue weighted by molar-refractivity contribution is 6.00. The summed E-state index contributed by atoms with van der Waals surface area (Å²) in [5.74, 6) is -0.477. The lowest BCUT2D eigenvalue weighted by Gasteiger charge is -2.04. The molecule has 0 atom stereocenters. The minimum atomic E-state index is -0.504. The summed E-state index contributed by atoms with van der Waals surface area (Å²) in [4.78, 5) is 23.0. The van der Waals surface area contributed by atoms with Crippen LogP contribution in [0.2, 0.25) is 0 Å². The molecular formula is C13H12O4. The Morgan fingerprint density at radius 2 is 2.18 bits per heavy atom. The van der Waals surface area contributed by atoms with Crippen LogP contribution < -0.4 is 4.74 Å². The van der Waals surface area contributed by atoms with E-state index in [2.05, 4.69) is 4.74 Å². The third-order valence-electron chi connectivity index (χ3n) is 2.50. The maximum absolute atomic E-state index is 11.5. The zero-order valence-electron chi connectivity index (χ0n) is 9.65. The topological polar surface area (TPSA) is 52.6 Å². The normalized spacial score (nSPS) is 14.2. The summed E-state index contributed by atoms with van der Waals surface area (Å²) in [5, 5.41) is 0. The Labute approximate surface area is 98.8 Å². The van der Waals surface area contributed by atoms with Crippen LogP contribution in [0.5, 0.6) is 5.75 Å². The lowest BCUT2D eigenvalue weighted by molar-refractivity contribution is -0.139. The standard InChI is InChI=1S/C13H12O4/c1-8-3-4-9-6-10(13(15)16-2)7-12(14)17-11(9)5-8/h3-6H,7H2,1-2H3. The molecule has 0 saturated heterocycles. The summed E-state index contributed by atoms with van der Waals surface area (Å²) < 4.78 is 9.78. The van der Waals surface area contributed by atoms with E-state index in [0.717, 1.165) is 5.56 Å². The quantitative estimate of drug-likeness (QED) is 0.547. The smallest absolute Gasteiger partial charge is 0.334 e. The molecule has 0 bridgehead atoms. The molecule has 0 spiro atoms. The number of esters is 2. The first kappa shape index (κ1) is 11.4. The number of fused-ring (bicyclic) bond motifs is 1. The van der Waals surface area contributed by atoms with Crippen LogP contribution in [0, 0.1) is 6.92 Å². The molecule has 1 heterocycles. The van der Waals surface area contributed by atoms with Crippen LogP contribution in [0.4, 0.5) is 0 Å². The first-order valence-electron chi connectivity index (χ1n) is 5.20. The average Bonchev–Trinajstić information content (AvgIpc) is 2.45. The number of carbonyl (C=O) groups excluding carboxylic acids is 2. The molecule has 0 aliphatic carbocycles. The highest BCUT2D eigenvalue weighted by Gasteiger charge is 2.21. The van der Waals surface area contributed by atoms with E-state index in [-0.39, 0.29) is 6.42 Å². The molecule has 0 saturated carbocycles. The SMILES string of the molecule is COC(=O)C1=Cc2ccc(C)cc2OC(=O)C1. The van der Waals surface area contributed by atoms with Gasteiger partial charge in [0.05, 0.1) is 13.5 Å². The summed E-state index contributed by atoms with van der Waals surface area (Å²) in [6, 6.07) is 5.47. The highest BCUT2D eigenvalue weighted by atomic mass is 16.5. The molecule has 0 aromatic heterocycles. The Morgan fingerprint density at radius 3 is 2.88 bits per heavy atom. The molecule has 0 unspecified atom stereocenters. The second-order valence-electron chi connectivity index (χ2n) is 3.85. The van der Waals surface area contributed by atoms with E-state index in [1.54, 1.807) is 12.1 Å². The van der Waals surface area contributed by atoms with Crippen molar-refractivity contribution in [1.29, 1.82) is 0 Å². The van der Waals surface area contributed by atoms with Gasteiger partial charge in [-0.1, -0.05) is 12.1 Å². The number of aryl methyl sites for hydroxylation is 1. The molecule has 17 heavy (non-hydrogen) atoms. The first-order valence-corrected chi connectivity index (χ1v) is 5.20. The number of ether oxygens (including phenoxy) is 2. The lowest BCUT2D eigenvalue weighted by atomic mass is 10.1. The van der Waals surface area contributed by atoms with Gasteiger partial charge in [-0.25, -0.2) is 4.79 Å². The summed E-state index contributed by atoms with van der Waals surface area (Å²) in [7, 11) is 1.29. The summed E-state index contributed by atoms with van der Waals surface area (Å²) >= 11 is 0. The Balaban J connectivity index is 2.49. The van der Waals surface area contributed by atoms with Crippen molar-refractivity contribution >= 4 is 18.0 Å². The fourth-order valence-corrected chi connectivity index (χ4v) is 1.66. The maximum Gasteiger partial charge on any atom is 0.334 e. The van der Waals surface area contributed by atoms with E-state index < -0.39 is 11.9 Å². The fourth-order valence-electron chi connectivity index (χ4n) is 1.66. The fraction of sp³-hybridized carbons (Fsp3) is 0.231. The Hall–Kier alpha value is -2.10. The largest absolute Gasteiger partial charge is 0.466 e.